The van der Waals surface area contributed by atoms with Gasteiger partial charge in [0.25, 0.3) is 0 Å². The van der Waals surface area contributed by atoms with E-state index in [1.807, 2.05) is 84.7 Å². The van der Waals surface area contributed by atoms with Crippen LogP contribution in [-0.2, 0) is 38.4 Å². The average molecular weight is 825 g/mol. The molecule has 3 aromatic carbocycles. The first-order valence-electron chi connectivity index (χ1n) is 19.6. The average Bonchev–Trinajstić information content (AvgIpc) is 3.55. The SMILES string of the molecule is COCCCOc1cc(CCC(=O)N=C(N)N)ccc1-c1ccc(CN2CCN(C)C2=O)cc1.COCCCOc1cc(CCC(=O)N=C(N)N)ccc1-c1cccnn1. The maximum Gasteiger partial charge on any atom is 0.320 e. The summed E-state index contributed by atoms with van der Waals surface area (Å²) in [6.45, 7) is 4.34. The Hall–Kier alpha value is -6.59. The molecule has 8 N–H and O–H groups in total. The van der Waals surface area contributed by atoms with Gasteiger partial charge in [0.05, 0.1) is 18.9 Å². The van der Waals surface area contributed by atoms with Crippen LogP contribution in [0.5, 0.6) is 11.5 Å². The van der Waals surface area contributed by atoms with E-state index < -0.39 is 0 Å². The van der Waals surface area contributed by atoms with Crippen LogP contribution in [0.2, 0.25) is 0 Å². The van der Waals surface area contributed by atoms with Crippen LogP contribution in [0, 0.1) is 0 Å². The van der Waals surface area contributed by atoms with Crippen molar-refractivity contribution in [2.24, 2.45) is 32.9 Å². The maximum absolute atomic E-state index is 12.2. The van der Waals surface area contributed by atoms with Crippen molar-refractivity contribution in [3.63, 3.8) is 0 Å². The molecule has 0 saturated carbocycles. The van der Waals surface area contributed by atoms with E-state index in [0.717, 1.165) is 70.8 Å². The lowest BCUT2D eigenvalue weighted by Gasteiger charge is -2.17. The number of aromatic nitrogens is 2. The van der Waals surface area contributed by atoms with Gasteiger partial charge in [0.2, 0.25) is 11.8 Å². The van der Waals surface area contributed by atoms with Crippen molar-refractivity contribution in [3.8, 4) is 33.9 Å². The van der Waals surface area contributed by atoms with Gasteiger partial charge in [-0.25, -0.2) is 4.79 Å². The molecule has 2 heterocycles. The van der Waals surface area contributed by atoms with Crippen LogP contribution in [-0.4, -0.2) is 111 Å². The minimum Gasteiger partial charge on any atom is -0.493 e. The molecule has 1 saturated heterocycles. The first-order valence-corrected chi connectivity index (χ1v) is 19.6. The van der Waals surface area contributed by atoms with Crippen LogP contribution in [0.15, 0.2) is 89.0 Å². The zero-order valence-corrected chi connectivity index (χ0v) is 34.5. The Morgan fingerprint density at radius 1 is 0.700 bits per heavy atom. The molecular formula is C43H56N10O7. The lowest BCUT2D eigenvalue weighted by molar-refractivity contribution is -0.118. The zero-order chi connectivity index (χ0) is 43.3. The summed E-state index contributed by atoms with van der Waals surface area (Å²) in [5.41, 5.74) is 27.5. The molecule has 17 nitrogen and oxygen atoms in total. The van der Waals surface area contributed by atoms with Crippen LogP contribution in [0.25, 0.3) is 22.4 Å². The topological polar surface area (TPSA) is 249 Å². The highest BCUT2D eigenvalue weighted by molar-refractivity contribution is 5.92. The lowest BCUT2D eigenvalue weighted by Crippen LogP contribution is -2.28. The summed E-state index contributed by atoms with van der Waals surface area (Å²) in [5.74, 6) is 0.262. The molecular weight excluding hydrogens is 769 g/mol. The van der Waals surface area contributed by atoms with Gasteiger partial charge in [0.15, 0.2) is 11.9 Å². The van der Waals surface area contributed by atoms with E-state index in [4.69, 9.17) is 41.9 Å². The number of hydrogen-bond donors (Lipinski definition) is 4. The number of carbonyl (C=O) groups is 3. The molecule has 60 heavy (non-hydrogen) atoms. The molecule has 0 unspecified atom stereocenters. The summed E-state index contributed by atoms with van der Waals surface area (Å²) in [6, 6.07) is 23.6. The molecule has 0 radical (unpaired) electrons. The number of benzene rings is 3. The number of aryl methyl sites for hydroxylation is 2. The number of aliphatic imine (C=N–C) groups is 2. The van der Waals surface area contributed by atoms with Gasteiger partial charge in [-0.2, -0.15) is 20.2 Å². The fourth-order valence-corrected chi connectivity index (χ4v) is 6.11. The zero-order valence-electron chi connectivity index (χ0n) is 34.5. The number of nitrogens with two attached hydrogens (primary N) is 4. The molecule has 0 spiro atoms. The van der Waals surface area contributed by atoms with E-state index in [1.165, 1.54) is 0 Å². The molecule has 4 aromatic rings. The van der Waals surface area contributed by atoms with Gasteiger partial charge >= 0.3 is 6.03 Å². The van der Waals surface area contributed by atoms with Gasteiger partial charge in [-0.1, -0.05) is 42.5 Å². The quantitative estimate of drug-likeness (QED) is 0.0565. The Balaban J connectivity index is 0.000000275. The Bertz CT molecular complexity index is 2060. The van der Waals surface area contributed by atoms with E-state index in [1.54, 1.807) is 25.3 Å². The van der Waals surface area contributed by atoms with Crippen molar-refractivity contribution in [1.82, 2.24) is 20.0 Å². The summed E-state index contributed by atoms with van der Waals surface area (Å²) in [4.78, 5) is 46.3. The van der Waals surface area contributed by atoms with Gasteiger partial charge in [-0.15, -0.1) is 0 Å². The molecule has 1 aliphatic rings. The largest absolute Gasteiger partial charge is 0.493 e. The molecule has 0 bridgehead atoms. The van der Waals surface area contributed by atoms with Gasteiger partial charge in [-0.05, 0) is 65.4 Å². The van der Waals surface area contributed by atoms with Crippen molar-refractivity contribution < 1.29 is 33.3 Å². The lowest BCUT2D eigenvalue weighted by atomic mass is 9.99. The fraction of sp³-hybridized carbons (Fsp3) is 0.372. The van der Waals surface area contributed by atoms with Crippen molar-refractivity contribution in [3.05, 3.63) is 95.7 Å². The van der Waals surface area contributed by atoms with Gasteiger partial charge in [0.1, 0.15) is 11.5 Å². The summed E-state index contributed by atoms with van der Waals surface area (Å²) in [7, 11) is 5.13. The van der Waals surface area contributed by atoms with E-state index in [2.05, 4.69) is 20.2 Å². The van der Waals surface area contributed by atoms with Crippen LogP contribution in [0.1, 0.15) is 42.4 Å². The number of methoxy groups -OCH3 is 2. The number of hydrogen-bond acceptors (Lipinski definition) is 9. The molecule has 5 rings (SSSR count). The maximum atomic E-state index is 12.2. The minimum atomic E-state index is -0.357. The van der Waals surface area contributed by atoms with Crippen molar-refractivity contribution in [2.45, 2.75) is 45.1 Å². The summed E-state index contributed by atoms with van der Waals surface area (Å²) in [5, 5.41) is 8.05. The monoisotopic (exact) mass is 824 g/mol. The fourth-order valence-electron chi connectivity index (χ4n) is 6.11. The Labute approximate surface area is 350 Å². The Morgan fingerprint density at radius 3 is 1.72 bits per heavy atom. The predicted molar refractivity (Wildman–Crippen MR) is 230 cm³/mol. The van der Waals surface area contributed by atoms with Crippen molar-refractivity contribution in [2.75, 3.05) is 60.8 Å². The van der Waals surface area contributed by atoms with Gasteiger partial charge in [0, 0.05) is 97.1 Å². The molecule has 1 aromatic heterocycles. The number of guanidine groups is 2. The highest BCUT2D eigenvalue weighted by Crippen LogP contribution is 2.33. The first-order chi connectivity index (χ1) is 29.0. The Morgan fingerprint density at radius 2 is 1.23 bits per heavy atom. The van der Waals surface area contributed by atoms with Gasteiger partial charge in [-0.3, -0.25) is 9.59 Å². The summed E-state index contributed by atoms with van der Waals surface area (Å²) in [6.07, 6.45) is 4.58. The smallest absolute Gasteiger partial charge is 0.320 e. The molecule has 1 fully saturated rings. The van der Waals surface area contributed by atoms with Crippen LogP contribution in [0.3, 0.4) is 0 Å². The van der Waals surface area contributed by atoms with Crippen molar-refractivity contribution in [1.29, 1.82) is 0 Å². The molecule has 0 aliphatic carbocycles. The van der Waals surface area contributed by atoms with Crippen molar-refractivity contribution >= 4 is 29.8 Å². The predicted octanol–water partition coefficient (Wildman–Crippen LogP) is 3.66. The van der Waals surface area contributed by atoms with E-state index >= 15 is 0 Å². The van der Waals surface area contributed by atoms with Gasteiger partial charge < -0.3 is 51.7 Å². The molecule has 320 valence electrons. The molecule has 0 atom stereocenters. The van der Waals surface area contributed by atoms with Crippen LogP contribution >= 0.6 is 0 Å². The second kappa shape index (κ2) is 24.4. The number of rotatable bonds is 20. The molecule has 1 aliphatic heterocycles. The van der Waals surface area contributed by atoms with Crippen LogP contribution in [0.4, 0.5) is 4.79 Å². The normalized spacial score (nSPS) is 12.0. The summed E-state index contributed by atoms with van der Waals surface area (Å²) >= 11 is 0. The number of amides is 4. The number of carbonyl (C=O) groups excluding carboxylic acids is 3. The second-order valence-electron chi connectivity index (χ2n) is 13.8. The first kappa shape index (κ1) is 46.1. The highest BCUT2D eigenvalue weighted by atomic mass is 16.5. The number of likely N-dealkylation sites (N-methyl/N-ethyl adjacent to an activating group) is 1. The third kappa shape index (κ3) is 15.3. The number of nitrogens with zero attached hydrogens (tertiary/aromatic N) is 6. The summed E-state index contributed by atoms with van der Waals surface area (Å²) < 4.78 is 22.1. The second-order valence-corrected chi connectivity index (χ2v) is 13.8. The highest BCUT2D eigenvalue weighted by Gasteiger charge is 2.25. The van der Waals surface area contributed by atoms with Crippen LogP contribution < -0.4 is 32.4 Å². The third-order valence-electron chi connectivity index (χ3n) is 9.14. The number of urea groups is 1. The molecule has 17 heteroatoms. The number of ether oxygens (including phenoxy) is 4. The Kier molecular flexibility index (Phi) is 18.7. The van der Waals surface area contributed by atoms with E-state index in [9.17, 15) is 14.4 Å². The third-order valence-corrected chi connectivity index (χ3v) is 9.14. The van der Waals surface area contributed by atoms with E-state index in [-0.39, 0.29) is 42.6 Å². The van der Waals surface area contributed by atoms with E-state index in [0.29, 0.717) is 51.6 Å². The standard InChI is InChI=1S/C25H33N5O4.C18H23N5O3/c1-29-12-13-30(25(29)32)17-19-4-8-20(9-5-19)21-10-6-18(7-11-23(31)28-24(26)27)16-22(21)34-15-3-14-33-2;1-25-10-3-11-26-16-12-13(6-8-17(24)22-18(19)20)5-7-14(16)15-4-2-9-21-23-15/h4-6,8-10,16H,3,7,11-15,17H2,1-2H3,(H4,26,27,28,31);2,4-5,7,9,12H,3,6,8,10-11H2,1H3,(H4,19,20,22,24). The molecule has 4 amide bonds. The minimum absolute atomic E-state index is 0.0599.